The number of hydrogen-bond acceptors (Lipinski definition) is 4. The lowest BCUT2D eigenvalue weighted by Gasteiger charge is -2.36. The van der Waals surface area contributed by atoms with Crippen LogP contribution in [0.2, 0.25) is 5.02 Å². The summed E-state index contributed by atoms with van der Waals surface area (Å²) in [6, 6.07) is 6.70. The lowest BCUT2D eigenvalue weighted by atomic mass is 10.1. The van der Waals surface area contributed by atoms with Crippen molar-refractivity contribution in [2.24, 2.45) is 0 Å². The van der Waals surface area contributed by atoms with E-state index in [-0.39, 0.29) is 5.91 Å². The molecule has 1 N–H and O–H groups in total. The second-order valence-electron chi connectivity index (χ2n) is 4.18. The Labute approximate surface area is 116 Å². The minimum absolute atomic E-state index is 0.111. The molecule has 1 atom stereocenters. The molecule has 1 aromatic carbocycles. The predicted molar refractivity (Wildman–Crippen MR) is 72.2 cm³/mol. The molecule has 1 fully saturated rings. The van der Waals surface area contributed by atoms with Gasteiger partial charge in [-0.15, -0.1) is 0 Å². The van der Waals surface area contributed by atoms with Gasteiger partial charge in [0, 0.05) is 13.6 Å². The molecule has 0 aromatic heterocycles. The molecule has 1 unspecified atom stereocenters. The van der Waals surface area contributed by atoms with Gasteiger partial charge in [0.2, 0.25) is 5.91 Å². The van der Waals surface area contributed by atoms with Crippen LogP contribution in [0, 0.1) is 11.3 Å². The minimum Gasteiger partial charge on any atom is -0.377 e. The van der Waals surface area contributed by atoms with Crippen LogP contribution in [0.25, 0.3) is 0 Å². The van der Waals surface area contributed by atoms with E-state index >= 15 is 0 Å². The maximum atomic E-state index is 11.9. The van der Waals surface area contributed by atoms with Crippen LogP contribution in [0.15, 0.2) is 18.2 Å². The van der Waals surface area contributed by atoms with Crippen LogP contribution < -0.4 is 10.2 Å². The summed E-state index contributed by atoms with van der Waals surface area (Å²) in [6.45, 7) is 1.46. The van der Waals surface area contributed by atoms with Crippen molar-refractivity contribution in [3.63, 3.8) is 0 Å². The Morgan fingerprint density at radius 1 is 1.63 bits per heavy atom. The van der Waals surface area contributed by atoms with Crippen molar-refractivity contribution in [1.29, 1.82) is 5.26 Å². The van der Waals surface area contributed by atoms with Gasteiger partial charge in [0.05, 0.1) is 35.6 Å². The number of halogens is 1. The molecule has 5 nitrogen and oxygen atoms in total. The van der Waals surface area contributed by atoms with E-state index in [1.54, 1.807) is 25.2 Å². The SMILES string of the molecule is CNC(=O)C1COCCN1c1ccc(C#N)cc1Cl. The Morgan fingerprint density at radius 3 is 3.05 bits per heavy atom. The molecule has 1 amide bonds. The van der Waals surface area contributed by atoms with E-state index in [9.17, 15) is 4.79 Å². The van der Waals surface area contributed by atoms with Gasteiger partial charge < -0.3 is 15.0 Å². The molecule has 19 heavy (non-hydrogen) atoms. The van der Waals surface area contributed by atoms with E-state index in [0.29, 0.717) is 30.3 Å². The number of carbonyl (C=O) groups excluding carboxylic acids is 1. The average Bonchev–Trinajstić information content (AvgIpc) is 2.46. The van der Waals surface area contributed by atoms with Crippen molar-refractivity contribution in [1.82, 2.24) is 5.32 Å². The molecule has 100 valence electrons. The number of ether oxygens (including phenoxy) is 1. The van der Waals surface area contributed by atoms with E-state index in [1.807, 2.05) is 11.0 Å². The molecule has 1 aromatic rings. The standard InChI is InChI=1S/C13H14ClN3O2/c1-16-13(18)12-8-19-5-4-17(12)11-3-2-9(7-15)6-10(11)14/h2-3,6,12H,4-5,8H2,1H3,(H,16,18). The number of likely N-dealkylation sites (N-methyl/N-ethyl adjacent to an activating group) is 1. The van der Waals surface area contributed by atoms with Crippen molar-refractivity contribution >= 4 is 23.2 Å². The largest absolute Gasteiger partial charge is 0.377 e. The zero-order chi connectivity index (χ0) is 13.8. The molecule has 1 aliphatic rings. The fourth-order valence-corrected chi connectivity index (χ4v) is 2.37. The summed E-state index contributed by atoms with van der Waals surface area (Å²) >= 11 is 6.19. The van der Waals surface area contributed by atoms with E-state index in [0.717, 1.165) is 5.69 Å². The zero-order valence-corrected chi connectivity index (χ0v) is 11.3. The molecule has 1 aliphatic heterocycles. The molecule has 0 radical (unpaired) electrons. The molecule has 0 saturated carbocycles. The van der Waals surface area contributed by atoms with Gasteiger partial charge in [0.15, 0.2) is 0 Å². The fourth-order valence-electron chi connectivity index (χ4n) is 2.09. The Balaban J connectivity index is 2.32. The number of anilines is 1. The maximum absolute atomic E-state index is 11.9. The van der Waals surface area contributed by atoms with Crippen LogP contribution >= 0.6 is 11.6 Å². The second-order valence-corrected chi connectivity index (χ2v) is 4.58. The number of nitrogens with one attached hydrogen (secondary N) is 1. The monoisotopic (exact) mass is 279 g/mol. The second kappa shape index (κ2) is 5.91. The van der Waals surface area contributed by atoms with Gasteiger partial charge in [0.1, 0.15) is 6.04 Å². The third-order valence-electron chi connectivity index (χ3n) is 3.06. The lowest BCUT2D eigenvalue weighted by molar-refractivity contribution is -0.124. The number of nitriles is 1. The molecule has 0 aliphatic carbocycles. The molecule has 6 heteroatoms. The van der Waals surface area contributed by atoms with Gasteiger partial charge in [0.25, 0.3) is 0 Å². The maximum Gasteiger partial charge on any atom is 0.244 e. The molecule has 1 saturated heterocycles. The van der Waals surface area contributed by atoms with Gasteiger partial charge >= 0.3 is 0 Å². The first-order valence-electron chi connectivity index (χ1n) is 5.93. The van der Waals surface area contributed by atoms with Gasteiger partial charge in [-0.2, -0.15) is 5.26 Å². The summed E-state index contributed by atoms with van der Waals surface area (Å²) in [5.41, 5.74) is 1.25. The van der Waals surface area contributed by atoms with Gasteiger partial charge in [-0.05, 0) is 18.2 Å². The zero-order valence-electron chi connectivity index (χ0n) is 10.5. The first-order valence-corrected chi connectivity index (χ1v) is 6.31. The summed E-state index contributed by atoms with van der Waals surface area (Å²) in [6.07, 6.45) is 0. The van der Waals surface area contributed by atoms with Crippen molar-refractivity contribution < 1.29 is 9.53 Å². The first kappa shape index (κ1) is 13.7. The third-order valence-corrected chi connectivity index (χ3v) is 3.37. The van der Waals surface area contributed by atoms with Crippen LogP contribution in [0.1, 0.15) is 5.56 Å². The highest BCUT2D eigenvalue weighted by atomic mass is 35.5. The lowest BCUT2D eigenvalue weighted by Crippen LogP contribution is -2.53. The normalized spacial score (nSPS) is 18.8. The summed E-state index contributed by atoms with van der Waals surface area (Å²) in [5.74, 6) is -0.111. The first-order chi connectivity index (χ1) is 9.17. The number of morpholine rings is 1. The molecule has 1 heterocycles. The van der Waals surface area contributed by atoms with Gasteiger partial charge in [-0.1, -0.05) is 11.6 Å². The molecule has 2 rings (SSSR count). The molecular formula is C13H14ClN3O2. The highest BCUT2D eigenvalue weighted by Crippen LogP contribution is 2.29. The summed E-state index contributed by atoms with van der Waals surface area (Å²) in [7, 11) is 1.59. The van der Waals surface area contributed by atoms with Crippen molar-refractivity contribution in [3.8, 4) is 6.07 Å². The Morgan fingerprint density at radius 2 is 2.42 bits per heavy atom. The van der Waals surface area contributed by atoms with Crippen molar-refractivity contribution in [2.45, 2.75) is 6.04 Å². The Kier molecular flexibility index (Phi) is 4.25. The predicted octanol–water partition coefficient (Wildman–Crippen LogP) is 1.16. The third kappa shape index (κ3) is 2.80. The fraction of sp³-hybridized carbons (Fsp3) is 0.385. The Bertz CT molecular complexity index is 527. The number of nitrogens with zero attached hydrogens (tertiary/aromatic N) is 2. The topological polar surface area (TPSA) is 65.4 Å². The van der Waals surface area contributed by atoms with Gasteiger partial charge in [-0.3, -0.25) is 4.79 Å². The summed E-state index contributed by atoms with van der Waals surface area (Å²) in [5, 5.41) is 11.9. The van der Waals surface area contributed by atoms with Crippen LogP contribution in [0.3, 0.4) is 0 Å². The van der Waals surface area contributed by atoms with Crippen LogP contribution in [0.4, 0.5) is 5.69 Å². The highest BCUT2D eigenvalue weighted by molar-refractivity contribution is 6.33. The molecular weight excluding hydrogens is 266 g/mol. The van der Waals surface area contributed by atoms with Crippen LogP contribution in [-0.2, 0) is 9.53 Å². The van der Waals surface area contributed by atoms with Crippen molar-refractivity contribution in [2.75, 3.05) is 31.7 Å². The number of carbonyl (C=O) groups is 1. The van der Waals surface area contributed by atoms with E-state index in [4.69, 9.17) is 21.6 Å². The van der Waals surface area contributed by atoms with Gasteiger partial charge in [-0.25, -0.2) is 0 Å². The van der Waals surface area contributed by atoms with Crippen LogP contribution in [-0.4, -0.2) is 38.8 Å². The average molecular weight is 280 g/mol. The summed E-state index contributed by atoms with van der Waals surface area (Å²) in [4.78, 5) is 13.8. The molecule has 0 spiro atoms. The van der Waals surface area contributed by atoms with Crippen LogP contribution in [0.5, 0.6) is 0 Å². The Hall–Kier alpha value is -1.77. The van der Waals surface area contributed by atoms with E-state index in [2.05, 4.69) is 5.32 Å². The number of hydrogen-bond donors (Lipinski definition) is 1. The highest BCUT2D eigenvalue weighted by Gasteiger charge is 2.30. The smallest absolute Gasteiger partial charge is 0.244 e. The quantitative estimate of drug-likeness (QED) is 0.882. The number of benzene rings is 1. The minimum atomic E-state index is -0.399. The van der Waals surface area contributed by atoms with E-state index in [1.165, 1.54) is 0 Å². The number of amides is 1. The van der Waals surface area contributed by atoms with Crippen molar-refractivity contribution in [3.05, 3.63) is 28.8 Å². The summed E-state index contributed by atoms with van der Waals surface area (Å²) < 4.78 is 5.34. The number of rotatable bonds is 2. The molecule has 0 bridgehead atoms. The van der Waals surface area contributed by atoms with E-state index < -0.39 is 6.04 Å².